The summed E-state index contributed by atoms with van der Waals surface area (Å²) in [4.78, 5) is 13.9. The maximum atomic E-state index is 12.3. The number of rotatable bonds is 3. The second-order valence-corrected chi connectivity index (χ2v) is 5.57. The fourth-order valence-electron chi connectivity index (χ4n) is 2.65. The van der Waals surface area contributed by atoms with Gasteiger partial charge in [0.25, 0.3) is 0 Å². The number of carbonyl (C=O) groups is 1. The third-order valence-corrected chi connectivity index (χ3v) is 4.17. The molecule has 2 rings (SSSR count). The molecule has 1 fully saturated rings. The van der Waals surface area contributed by atoms with Crippen molar-refractivity contribution in [2.75, 3.05) is 11.5 Å². The number of aryl methyl sites for hydroxylation is 1. The molecule has 0 aromatic heterocycles. The van der Waals surface area contributed by atoms with Crippen molar-refractivity contribution in [1.82, 2.24) is 0 Å². The van der Waals surface area contributed by atoms with Gasteiger partial charge in [0.2, 0.25) is 0 Å². The Hall–Kier alpha value is -1.26. The van der Waals surface area contributed by atoms with Crippen LogP contribution in [0.25, 0.3) is 0 Å². The smallest absolute Gasteiger partial charge is 0.414 e. The number of halogens is 1. The van der Waals surface area contributed by atoms with E-state index in [1.54, 1.807) is 17.9 Å². The Bertz CT molecular complexity index is 493. The largest absolute Gasteiger partial charge is 0.449 e. The Balaban J connectivity index is 2.34. The van der Waals surface area contributed by atoms with Crippen LogP contribution in [0, 0.1) is 6.92 Å². The maximum Gasteiger partial charge on any atom is 0.414 e. The summed E-state index contributed by atoms with van der Waals surface area (Å²) in [5.41, 5.74) is 7.87. The first-order chi connectivity index (χ1) is 9.54. The number of benzene rings is 1. The third-order valence-electron chi connectivity index (χ3n) is 3.76. The van der Waals surface area contributed by atoms with Crippen LogP contribution in [0.3, 0.4) is 0 Å². The molecule has 1 aliphatic rings. The first kappa shape index (κ1) is 15.1. The molecule has 1 saturated carbocycles. The predicted molar refractivity (Wildman–Crippen MR) is 81.3 cm³/mol. The Labute approximate surface area is 124 Å². The van der Waals surface area contributed by atoms with E-state index in [0.717, 1.165) is 30.5 Å². The Kier molecular flexibility index (Phi) is 4.89. The SMILES string of the molecule is CCOC(=O)N(c1ccc(C)c(Cl)c1)C1CCCC1N. The molecule has 20 heavy (non-hydrogen) atoms. The lowest BCUT2D eigenvalue weighted by molar-refractivity contribution is 0.156. The molecule has 1 aromatic rings. The first-order valence-corrected chi connectivity index (χ1v) is 7.40. The second-order valence-electron chi connectivity index (χ2n) is 5.16. The van der Waals surface area contributed by atoms with Crippen LogP contribution in [0.2, 0.25) is 5.02 Å². The second kappa shape index (κ2) is 6.46. The van der Waals surface area contributed by atoms with E-state index >= 15 is 0 Å². The molecule has 0 heterocycles. The molecule has 0 bridgehead atoms. The molecular weight excluding hydrogens is 276 g/mol. The average molecular weight is 297 g/mol. The monoisotopic (exact) mass is 296 g/mol. The van der Waals surface area contributed by atoms with Crippen LogP contribution < -0.4 is 10.6 Å². The zero-order valence-electron chi connectivity index (χ0n) is 11.9. The summed E-state index contributed by atoms with van der Waals surface area (Å²) < 4.78 is 5.18. The van der Waals surface area contributed by atoms with Crippen molar-refractivity contribution >= 4 is 23.4 Å². The quantitative estimate of drug-likeness (QED) is 0.929. The van der Waals surface area contributed by atoms with Gasteiger partial charge < -0.3 is 10.5 Å². The molecule has 2 atom stereocenters. The number of nitrogens with two attached hydrogens (primary N) is 1. The lowest BCUT2D eigenvalue weighted by atomic mass is 10.1. The van der Waals surface area contributed by atoms with E-state index in [0.29, 0.717) is 11.6 Å². The number of amides is 1. The van der Waals surface area contributed by atoms with Gasteiger partial charge in [0.1, 0.15) is 0 Å². The molecule has 110 valence electrons. The Morgan fingerprint density at radius 1 is 1.50 bits per heavy atom. The summed E-state index contributed by atoms with van der Waals surface area (Å²) in [6, 6.07) is 5.57. The van der Waals surface area contributed by atoms with Gasteiger partial charge in [-0.1, -0.05) is 17.7 Å². The van der Waals surface area contributed by atoms with E-state index < -0.39 is 0 Å². The molecule has 0 saturated heterocycles. The third kappa shape index (κ3) is 3.07. The highest BCUT2D eigenvalue weighted by Gasteiger charge is 2.34. The number of carbonyl (C=O) groups excluding carboxylic acids is 1. The lowest BCUT2D eigenvalue weighted by Gasteiger charge is -2.31. The summed E-state index contributed by atoms with van der Waals surface area (Å²) in [6.07, 6.45) is 2.50. The van der Waals surface area contributed by atoms with Gasteiger partial charge in [0.15, 0.2) is 0 Å². The minimum atomic E-state index is -0.352. The van der Waals surface area contributed by atoms with Gasteiger partial charge in [-0.15, -0.1) is 0 Å². The van der Waals surface area contributed by atoms with Crippen LogP contribution >= 0.6 is 11.6 Å². The molecule has 1 aromatic carbocycles. The fraction of sp³-hybridized carbons (Fsp3) is 0.533. The Morgan fingerprint density at radius 2 is 2.25 bits per heavy atom. The van der Waals surface area contributed by atoms with E-state index in [1.807, 2.05) is 19.1 Å². The number of hydrogen-bond acceptors (Lipinski definition) is 3. The van der Waals surface area contributed by atoms with E-state index in [2.05, 4.69) is 0 Å². The van der Waals surface area contributed by atoms with E-state index in [1.165, 1.54) is 0 Å². The number of hydrogen-bond donors (Lipinski definition) is 1. The van der Waals surface area contributed by atoms with E-state index in [4.69, 9.17) is 22.1 Å². The normalized spacial score (nSPS) is 21.8. The van der Waals surface area contributed by atoms with Crippen molar-refractivity contribution in [2.24, 2.45) is 5.73 Å². The Morgan fingerprint density at radius 3 is 2.80 bits per heavy atom. The number of ether oxygens (including phenoxy) is 1. The summed E-state index contributed by atoms with van der Waals surface area (Å²) in [6.45, 7) is 4.08. The van der Waals surface area contributed by atoms with Crippen LogP contribution in [0.15, 0.2) is 18.2 Å². The highest BCUT2D eigenvalue weighted by atomic mass is 35.5. The molecule has 0 spiro atoms. The van der Waals surface area contributed by atoms with Crippen LogP contribution in [-0.4, -0.2) is 24.8 Å². The highest BCUT2D eigenvalue weighted by molar-refractivity contribution is 6.31. The van der Waals surface area contributed by atoms with Gasteiger partial charge in [-0.25, -0.2) is 4.79 Å². The molecule has 4 nitrogen and oxygen atoms in total. The van der Waals surface area contributed by atoms with Gasteiger partial charge in [0, 0.05) is 16.8 Å². The zero-order valence-corrected chi connectivity index (χ0v) is 12.7. The minimum Gasteiger partial charge on any atom is -0.449 e. The van der Waals surface area contributed by atoms with Gasteiger partial charge in [0.05, 0.1) is 12.6 Å². The minimum absolute atomic E-state index is 0.0144. The van der Waals surface area contributed by atoms with Crippen molar-refractivity contribution in [3.05, 3.63) is 28.8 Å². The molecule has 0 radical (unpaired) electrons. The standard InChI is InChI=1S/C15H21ClN2O2/c1-3-20-15(19)18(14-6-4-5-13(14)17)11-8-7-10(2)12(16)9-11/h7-9,13-14H,3-6,17H2,1-2H3. The summed E-state index contributed by atoms with van der Waals surface area (Å²) >= 11 is 6.17. The molecule has 1 amide bonds. The van der Waals surface area contributed by atoms with Crippen molar-refractivity contribution in [1.29, 1.82) is 0 Å². The average Bonchev–Trinajstić information content (AvgIpc) is 2.81. The lowest BCUT2D eigenvalue weighted by Crippen LogP contribution is -2.48. The van der Waals surface area contributed by atoms with Gasteiger partial charge in [-0.3, -0.25) is 4.90 Å². The predicted octanol–water partition coefficient (Wildman–Crippen LogP) is 3.49. The van der Waals surface area contributed by atoms with Gasteiger partial charge >= 0.3 is 6.09 Å². The van der Waals surface area contributed by atoms with E-state index in [-0.39, 0.29) is 18.2 Å². The van der Waals surface area contributed by atoms with Crippen LogP contribution in [0.4, 0.5) is 10.5 Å². The van der Waals surface area contributed by atoms with Crippen LogP contribution in [0.5, 0.6) is 0 Å². The van der Waals surface area contributed by atoms with Crippen molar-refractivity contribution in [3.63, 3.8) is 0 Å². The van der Waals surface area contributed by atoms with Crippen molar-refractivity contribution < 1.29 is 9.53 Å². The fourth-order valence-corrected chi connectivity index (χ4v) is 2.82. The molecule has 1 aliphatic carbocycles. The molecule has 5 heteroatoms. The maximum absolute atomic E-state index is 12.3. The number of nitrogens with zero attached hydrogens (tertiary/aromatic N) is 1. The van der Waals surface area contributed by atoms with Crippen LogP contribution in [0.1, 0.15) is 31.7 Å². The number of anilines is 1. The first-order valence-electron chi connectivity index (χ1n) is 7.02. The molecule has 2 N–H and O–H groups in total. The topological polar surface area (TPSA) is 55.6 Å². The molecule has 2 unspecified atom stereocenters. The van der Waals surface area contributed by atoms with Gasteiger partial charge in [-0.05, 0) is 50.8 Å². The van der Waals surface area contributed by atoms with Gasteiger partial charge in [-0.2, -0.15) is 0 Å². The highest BCUT2D eigenvalue weighted by Crippen LogP contribution is 2.31. The van der Waals surface area contributed by atoms with Crippen LogP contribution in [-0.2, 0) is 4.74 Å². The molecular formula is C15H21ClN2O2. The van der Waals surface area contributed by atoms with Crippen molar-refractivity contribution in [2.45, 2.75) is 45.2 Å². The summed E-state index contributed by atoms with van der Waals surface area (Å²) in [5.74, 6) is 0. The zero-order chi connectivity index (χ0) is 14.7. The summed E-state index contributed by atoms with van der Waals surface area (Å²) in [5, 5.41) is 0.642. The summed E-state index contributed by atoms with van der Waals surface area (Å²) in [7, 11) is 0. The molecule has 0 aliphatic heterocycles. The van der Waals surface area contributed by atoms with E-state index in [9.17, 15) is 4.79 Å². The van der Waals surface area contributed by atoms with Crippen molar-refractivity contribution in [3.8, 4) is 0 Å².